The van der Waals surface area contributed by atoms with Gasteiger partial charge < -0.3 is 5.11 Å². The van der Waals surface area contributed by atoms with Gasteiger partial charge in [-0.05, 0) is 24.8 Å². The molecule has 4 nitrogen and oxygen atoms in total. The van der Waals surface area contributed by atoms with E-state index in [-0.39, 0.29) is 0 Å². The highest BCUT2D eigenvalue weighted by Gasteiger charge is 2.38. The molecule has 0 aliphatic heterocycles. The van der Waals surface area contributed by atoms with E-state index >= 15 is 0 Å². The van der Waals surface area contributed by atoms with Crippen LogP contribution in [-0.2, 0) is 19.4 Å². The second-order valence-corrected chi connectivity index (χ2v) is 4.05. The Morgan fingerprint density at radius 1 is 1.47 bits per heavy atom. The van der Waals surface area contributed by atoms with Crippen molar-refractivity contribution in [2.75, 3.05) is 0 Å². The summed E-state index contributed by atoms with van der Waals surface area (Å²) >= 11 is 0. The van der Waals surface area contributed by atoms with Gasteiger partial charge in [0.05, 0.1) is 12.2 Å². The van der Waals surface area contributed by atoms with Gasteiger partial charge in [0.1, 0.15) is 0 Å². The van der Waals surface area contributed by atoms with Crippen molar-refractivity contribution in [2.45, 2.75) is 38.1 Å². The molecule has 17 heavy (non-hydrogen) atoms. The van der Waals surface area contributed by atoms with Gasteiger partial charge >= 0.3 is 6.18 Å². The Kier molecular flexibility index (Phi) is 2.94. The normalized spacial score (nSPS) is 16.9. The van der Waals surface area contributed by atoms with Gasteiger partial charge in [0.15, 0.2) is 6.10 Å². The summed E-state index contributed by atoms with van der Waals surface area (Å²) in [5, 5.41) is 12.7. The number of aromatic nitrogens is 2. The molecule has 0 amide bonds. The Balaban J connectivity index is 2.25. The lowest BCUT2D eigenvalue weighted by Gasteiger charge is -2.15. The van der Waals surface area contributed by atoms with Gasteiger partial charge in [-0.25, -0.2) is 4.68 Å². The highest BCUT2D eigenvalue weighted by molar-refractivity contribution is 5.22. The third-order valence-electron chi connectivity index (χ3n) is 2.75. The van der Waals surface area contributed by atoms with Crippen LogP contribution in [0, 0.1) is 0 Å². The molecule has 1 aromatic heterocycles. The zero-order valence-corrected chi connectivity index (χ0v) is 8.87. The number of aliphatic hydroxyl groups is 1. The third kappa shape index (κ3) is 2.49. The van der Waals surface area contributed by atoms with Gasteiger partial charge in [-0.2, -0.15) is 18.3 Å². The lowest BCUT2D eigenvalue weighted by Crippen LogP contribution is -2.37. The van der Waals surface area contributed by atoms with E-state index in [1.54, 1.807) is 0 Å². The number of rotatable bonds is 2. The summed E-state index contributed by atoms with van der Waals surface area (Å²) in [6.45, 7) is -0.852. The number of alkyl halides is 3. The standard InChI is InChI=1S/C10H11F3N2O2/c11-10(12,13)8(16)5-15-9(17)4-6-2-1-3-7(6)14-15/h4,8,16H,1-3,5H2/t8-/m1/s1. The fourth-order valence-electron chi connectivity index (χ4n) is 1.84. The minimum atomic E-state index is -4.74. The second-order valence-electron chi connectivity index (χ2n) is 4.05. The fraction of sp³-hybridized carbons (Fsp3) is 0.600. The Morgan fingerprint density at radius 3 is 2.82 bits per heavy atom. The third-order valence-corrected chi connectivity index (χ3v) is 2.75. The first-order valence-corrected chi connectivity index (χ1v) is 5.22. The van der Waals surface area contributed by atoms with Crippen LogP contribution in [0.4, 0.5) is 13.2 Å². The van der Waals surface area contributed by atoms with Crippen molar-refractivity contribution < 1.29 is 18.3 Å². The number of aliphatic hydroxyl groups excluding tert-OH is 1. The monoisotopic (exact) mass is 248 g/mol. The van der Waals surface area contributed by atoms with Crippen LogP contribution in [0.25, 0.3) is 0 Å². The molecule has 0 bridgehead atoms. The Morgan fingerprint density at radius 2 is 2.18 bits per heavy atom. The average Bonchev–Trinajstić information content (AvgIpc) is 2.63. The van der Waals surface area contributed by atoms with Crippen LogP contribution in [0.15, 0.2) is 10.9 Å². The molecule has 1 N–H and O–H groups in total. The van der Waals surface area contributed by atoms with Crippen molar-refractivity contribution in [1.29, 1.82) is 0 Å². The predicted molar refractivity (Wildman–Crippen MR) is 52.6 cm³/mol. The molecule has 0 spiro atoms. The molecule has 0 aromatic carbocycles. The molecule has 0 fully saturated rings. The molecule has 2 rings (SSSR count). The van der Waals surface area contributed by atoms with E-state index in [0.717, 1.165) is 18.4 Å². The van der Waals surface area contributed by atoms with Crippen molar-refractivity contribution >= 4 is 0 Å². The van der Waals surface area contributed by atoms with Gasteiger partial charge in [0.25, 0.3) is 5.56 Å². The van der Waals surface area contributed by atoms with Crippen LogP contribution in [-0.4, -0.2) is 27.2 Å². The quantitative estimate of drug-likeness (QED) is 0.836. The zero-order valence-electron chi connectivity index (χ0n) is 8.87. The lowest BCUT2D eigenvalue weighted by molar-refractivity contribution is -0.208. The smallest absolute Gasteiger partial charge is 0.382 e. The van der Waals surface area contributed by atoms with E-state index in [0.29, 0.717) is 16.8 Å². The molecular weight excluding hydrogens is 237 g/mol. The summed E-state index contributed by atoms with van der Waals surface area (Å²) in [5.41, 5.74) is 0.848. The van der Waals surface area contributed by atoms with Crippen molar-refractivity contribution in [3.05, 3.63) is 27.7 Å². The summed E-state index contributed by atoms with van der Waals surface area (Å²) < 4.78 is 37.1. The number of hydrogen-bond donors (Lipinski definition) is 1. The molecule has 0 saturated heterocycles. The van der Waals surface area contributed by atoms with Crippen molar-refractivity contribution in [1.82, 2.24) is 9.78 Å². The van der Waals surface area contributed by atoms with Gasteiger partial charge in [0, 0.05) is 6.07 Å². The first-order valence-electron chi connectivity index (χ1n) is 5.22. The maximum absolute atomic E-state index is 12.1. The molecule has 1 heterocycles. The molecular formula is C10H11F3N2O2. The van der Waals surface area contributed by atoms with Gasteiger partial charge in [-0.3, -0.25) is 4.79 Å². The van der Waals surface area contributed by atoms with Crippen molar-refractivity contribution in [3.63, 3.8) is 0 Å². The van der Waals surface area contributed by atoms with E-state index in [9.17, 15) is 18.0 Å². The number of hydrogen-bond acceptors (Lipinski definition) is 3. The Hall–Kier alpha value is -1.37. The largest absolute Gasteiger partial charge is 0.416 e. The number of aryl methyl sites for hydroxylation is 2. The van der Waals surface area contributed by atoms with E-state index in [1.807, 2.05) is 0 Å². The first-order chi connectivity index (χ1) is 7.88. The van der Waals surface area contributed by atoms with E-state index in [1.165, 1.54) is 6.07 Å². The number of halogens is 3. The molecule has 0 saturated carbocycles. The molecule has 1 aliphatic carbocycles. The molecule has 0 unspecified atom stereocenters. The maximum Gasteiger partial charge on any atom is 0.416 e. The van der Waals surface area contributed by atoms with Crippen LogP contribution in [0.2, 0.25) is 0 Å². The van der Waals surface area contributed by atoms with Gasteiger partial charge in [-0.15, -0.1) is 0 Å². The molecule has 7 heteroatoms. The summed E-state index contributed by atoms with van der Waals surface area (Å²) in [6.07, 6.45) is -5.04. The fourth-order valence-corrected chi connectivity index (χ4v) is 1.84. The SMILES string of the molecule is O=c1cc2c(nn1C[C@@H](O)C(F)(F)F)CCC2. The average molecular weight is 248 g/mol. The predicted octanol–water partition coefficient (Wildman–Crippen LogP) is 0.655. The summed E-state index contributed by atoms with van der Waals surface area (Å²) in [6, 6.07) is 1.30. The highest BCUT2D eigenvalue weighted by atomic mass is 19.4. The van der Waals surface area contributed by atoms with E-state index < -0.39 is 24.4 Å². The molecule has 0 radical (unpaired) electrons. The lowest BCUT2D eigenvalue weighted by atomic mass is 10.2. The number of fused-ring (bicyclic) bond motifs is 1. The molecule has 1 aromatic rings. The Labute approximate surface area is 94.7 Å². The van der Waals surface area contributed by atoms with Crippen molar-refractivity contribution in [3.8, 4) is 0 Å². The van der Waals surface area contributed by atoms with Crippen molar-refractivity contribution in [2.24, 2.45) is 0 Å². The summed E-state index contributed by atoms with van der Waals surface area (Å²) in [7, 11) is 0. The second kappa shape index (κ2) is 4.14. The molecule has 1 atom stereocenters. The summed E-state index contributed by atoms with van der Waals surface area (Å²) in [5.74, 6) is 0. The van der Waals surface area contributed by atoms with Gasteiger partial charge in [-0.1, -0.05) is 0 Å². The topological polar surface area (TPSA) is 55.1 Å². The molecule has 1 aliphatic rings. The molecule has 94 valence electrons. The van der Waals surface area contributed by atoms with Crippen LogP contribution < -0.4 is 5.56 Å². The zero-order chi connectivity index (χ0) is 12.6. The summed E-state index contributed by atoms with van der Waals surface area (Å²) in [4.78, 5) is 11.5. The first kappa shape index (κ1) is 12.1. The maximum atomic E-state index is 12.1. The van der Waals surface area contributed by atoms with Crippen LogP contribution in [0.3, 0.4) is 0 Å². The van der Waals surface area contributed by atoms with E-state index in [2.05, 4.69) is 5.10 Å². The number of nitrogens with zero attached hydrogens (tertiary/aromatic N) is 2. The minimum absolute atomic E-state index is 0.603. The van der Waals surface area contributed by atoms with Gasteiger partial charge in [0.2, 0.25) is 0 Å². The Bertz CT molecular complexity index is 481. The van der Waals surface area contributed by atoms with Crippen LogP contribution in [0.1, 0.15) is 17.7 Å². The van der Waals surface area contributed by atoms with Crippen LogP contribution >= 0.6 is 0 Å². The van der Waals surface area contributed by atoms with Crippen LogP contribution in [0.5, 0.6) is 0 Å². The minimum Gasteiger partial charge on any atom is -0.382 e. The highest BCUT2D eigenvalue weighted by Crippen LogP contribution is 2.21. The van der Waals surface area contributed by atoms with E-state index in [4.69, 9.17) is 5.11 Å².